The van der Waals surface area contributed by atoms with E-state index in [1.807, 2.05) is 13.8 Å². The normalized spacial score (nSPS) is 14.7. The zero-order chi connectivity index (χ0) is 24.4. The van der Waals surface area contributed by atoms with Crippen LogP contribution in [0, 0.1) is 5.92 Å². The van der Waals surface area contributed by atoms with Gasteiger partial charge in [0.1, 0.15) is 29.9 Å². The van der Waals surface area contributed by atoms with E-state index in [1.165, 1.54) is 19.1 Å². The van der Waals surface area contributed by atoms with Crippen LogP contribution in [0.1, 0.15) is 32.8 Å². The van der Waals surface area contributed by atoms with Crippen LogP contribution in [0.15, 0.2) is 24.3 Å². The van der Waals surface area contributed by atoms with Crippen molar-refractivity contribution in [1.29, 1.82) is 0 Å². The van der Waals surface area contributed by atoms with Crippen LogP contribution in [0.5, 0.6) is 5.75 Å². The third-order valence-electron chi connectivity index (χ3n) is 4.62. The Bertz CT molecular complexity index is 798. The highest BCUT2D eigenvalue weighted by Gasteiger charge is 2.28. The minimum absolute atomic E-state index is 0.0207. The summed E-state index contributed by atoms with van der Waals surface area (Å²) in [6, 6.07) is 1.40. The number of rotatable bonds is 12. The Morgan fingerprint density at radius 1 is 0.906 bits per heavy atom. The number of carboxylic acids is 1. The van der Waals surface area contributed by atoms with E-state index in [-0.39, 0.29) is 24.5 Å². The van der Waals surface area contributed by atoms with Crippen LogP contribution >= 0.6 is 0 Å². The molecule has 0 aliphatic rings. The summed E-state index contributed by atoms with van der Waals surface area (Å²) in [5, 5.41) is 35.1. The lowest BCUT2D eigenvalue weighted by Gasteiger charge is -2.24. The number of phenols is 1. The Hall–Kier alpha value is -3.18. The Morgan fingerprint density at radius 2 is 1.47 bits per heavy atom. The first kappa shape index (κ1) is 26.9. The summed E-state index contributed by atoms with van der Waals surface area (Å²) in [5.74, 6) is -3.25. The van der Waals surface area contributed by atoms with Crippen molar-refractivity contribution in [2.45, 2.75) is 57.8 Å². The van der Waals surface area contributed by atoms with Crippen LogP contribution in [-0.2, 0) is 25.6 Å². The lowest BCUT2D eigenvalue weighted by molar-refractivity contribution is -0.142. The minimum Gasteiger partial charge on any atom is -0.508 e. The molecule has 0 bridgehead atoms. The van der Waals surface area contributed by atoms with E-state index in [9.17, 15) is 29.4 Å². The van der Waals surface area contributed by atoms with Gasteiger partial charge in [0.25, 0.3) is 0 Å². The van der Waals surface area contributed by atoms with Gasteiger partial charge in [-0.05, 0) is 37.0 Å². The summed E-state index contributed by atoms with van der Waals surface area (Å²) in [4.78, 5) is 48.7. The van der Waals surface area contributed by atoms with Crippen molar-refractivity contribution in [3.8, 4) is 5.75 Å². The SMILES string of the molecule is CC(C)CC(NC(=O)C(N)CO)C(=O)NC(C)C(=O)NC(Cc1ccc(O)cc1)C(=O)O. The maximum atomic E-state index is 12.6. The highest BCUT2D eigenvalue weighted by molar-refractivity contribution is 5.93. The third kappa shape index (κ3) is 8.90. The monoisotopic (exact) mass is 452 g/mol. The van der Waals surface area contributed by atoms with Gasteiger partial charge in [-0.1, -0.05) is 26.0 Å². The van der Waals surface area contributed by atoms with Gasteiger partial charge in [-0.3, -0.25) is 14.4 Å². The number of carbonyl (C=O) groups excluding carboxylic acids is 3. The standard InChI is InChI=1S/C21H32N4O7/c1-11(2)8-16(24-19(29)15(22)10-26)20(30)23-12(3)18(28)25-17(21(31)32)9-13-4-6-14(27)7-5-13/h4-7,11-12,15-17,26-27H,8-10,22H2,1-3H3,(H,23,30)(H,24,29)(H,25,28)(H,31,32). The summed E-state index contributed by atoms with van der Waals surface area (Å²) in [5.41, 5.74) is 6.06. The highest BCUT2D eigenvalue weighted by Crippen LogP contribution is 2.12. The van der Waals surface area contributed by atoms with E-state index >= 15 is 0 Å². The lowest BCUT2D eigenvalue weighted by Crippen LogP contribution is -2.57. The molecule has 0 saturated heterocycles. The van der Waals surface area contributed by atoms with Gasteiger partial charge < -0.3 is 37.0 Å². The molecule has 4 unspecified atom stereocenters. The van der Waals surface area contributed by atoms with Gasteiger partial charge in [0.15, 0.2) is 0 Å². The molecular formula is C21H32N4O7. The van der Waals surface area contributed by atoms with Crippen molar-refractivity contribution < 1.29 is 34.5 Å². The molecule has 1 aromatic carbocycles. The van der Waals surface area contributed by atoms with Crippen molar-refractivity contribution in [3.63, 3.8) is 0 Å². The van der Waals surface area contributed by atoms with Gasteiger partial charge in [0.2, 0.25) is 17.7 Å². The number of aliphatic carboxylic acids is 1. The molecule has 0 aromatic heterocycles. The number of carbonyl (C=O) groups is 4. The van der Waals surface area contributed by atoms with Gasteiger partial charge in [-0.15, -0.1) is 0 Å². The molecule has 11 heteroatoms. The fraction of sp³-hybridized carbons (Fsp3) is 0.524. The molecule has 11 nitrogen and oxygen atoms in total. The Labute approximate surface area is 186 Å². The van der Waals surface area contributed by atoms with Gasteiger partial charge in [0, 0.05) is 6.42 Å². The quantitative estimate of drug-likeness (QED) is 0.207. The molecule has 3 amide bonds. The van der Waals surface area contributed by atoms with E-state index < -0.39 is 54.5 Å². The highest BCUT2D eigenvalue weighted by atomic mass is 16.4. The smallest absolute Gasteiger partial charge is 0.326 e. The minimum atomic E-state index is -1.26. The van der Waals surface area contributed by atoms with E-state index in [2.05, 4.69) is 16.0 Å². The number of hydrogen-bond acceptors (Lipinski definition) is 7. The second-order valence-corrected chi connectivity index (χ2v) is 7.98. The zero-order valence-corrected chi connectivity index (χ0v) is 18.4. The largest absolute Gasteiger partial charge is 0.508 e. The molecule has 1 rings (SSSR count). The number of phenolic OH excluding ortho intramolecular Hbond substituents is 1. The van der Waals surface area contributed by atoms with Crippen molar-refractivity contribution in [2.75, 3.05) is 6.61 Å². The topological polar surface area (TPSA) is 191 Å². The van der Waals surface area contributed by atoms with Crippen molar-refractivity contribution in [1.82, 2.24) is 16.0 Å². The van der Waals surface area contributed by atoms with Crippen molar-refractivity contribution in [2.24, 2.45) is 11.7 Å². The molecule has 0 saturated carbocycles. The molecule has 32 heavy (non-hydrogen) atoms. The summed E-state index contributed by atoms with van der Waals surface area (Å²) < 4.78 is 0. The molecule has 4 atom stereocenters. The van der Waals surface area contributed by atoms with Gasteiger partial charge >= 0.3 is 5.97 Å². The molecule has 178 valence electrons. The summed E-state index contributed by atoms with van der Waals surface area (Å²) >= 11 is 0. The number of hydrogen-bond donors (Lipinski definition) is 7. The Morgan fingerprint density at radius 3 is 1.97 bits per heavy atom. The van der Waals surface area contributed by atoms with Crippen molar-refractivity contribution in [3.05, 3.63) is 29.8 Å². The molecule has 0 heterocycles. The molecule has 0 aliphatic heterocycles. The van der Waals surface area contributed by atoms with Crippen LogP contribution < -0.4 is 21.7 Å². The molecule has 0 spiro atoms. The predicted molar refractivity (Wildman–Crippen MR) is 115 cm³/mol. The van der Waals surface area contributed by atoms with E-state index in [0.717, 1.165) is 0 Å². The number of carboxylic acid groups (broad SMARTS) is 1. The van der Waals surface area contributed by atoms with E-state index in [0.29, 0.717) is 5.56 Å². The zero-order valence-electron chi connectivity index (χ0n) is 18.4. The fourth-order valence-electron chi connectivity index (χ4n) is 2.81. The molecule has 0 radical (unpaired) electrons. The third-order valence-corrected chi connectivity index (χ3v) is 4.62. The van der Waals surface area contributed by atoms with Gasteiger partial charge in [-0.25, -0.2) is 4.79 Å². The fourth-order valence-corrected chi connectivity index (χ4v) is 2.81. The number of amides is 3. The molecule has 0 fully saturated rings. The van der Waals surface area contributed by atoms with Crippen LogP contribution in [0.4, 0.5) is 0 Å². The number of nitrogens with one attached hydrogen (secondary N) is 3. The molecule has 8 N–H and O–H groups in total. The predicted octanol–water partition coefficient (Wildman–Crippen LogP) is -1.14. The second-order valence-electron chi connectivity index (χ2n) is 7.98. The maximum Gasteiger partial charge on any atom is 0.326 e. The average Bonchev–Trinajstić information content (AvgIpc) is 2.72. The first-order valence-electron chi connectivity index (χ1n) is 10.2. The Balaban J connectivity index is 2.78. The molecule has 0 aliphatic carbocycles. The summed E-state index contributed by atoms with van der Waals surface area (Å²) in [6.07, 6.45) is 0.246. The number of aliphatic hydroxyl groups is 1. The van der Waals surface area contributed by atoms with Crippen LogP contribution in [0.25, 0.3) is 0 Å². The van der Waals surface area contributed by atoms with Crippen LogP contribution in [0.3, 0.4) is 0 Å². The number of aliphatic hydroxyl groups excluding tert-OH is 1. The number of nitrogens with two attached hydrogens (primary N) is 1. The maximum absolute atomic E-state index is 12.6. The second kappa shape index (κ2) is 12.6. The average molecular weight is 453 g/mol. The Kier molecular flexibility index (Phi) is 10.6. The first-order chi connectivity index (χ1) is 14.9. The van der Waals surface area contributed by atoms with Crippen molar-refractivity contribution >= 4 is 23.7 Å². The van der Waals surface area contributed by atoms with Crippen LogP contribution in [0.2, 0.25) is 0 Å². The van der Waals surface area contributed by atoms with Crippen LogP contribution in [-0.4, -0.2) is 69.8 Å². The number of benzene rings is 1. The van der Waals surface area contributed by atoms with Gasteiger partial charge in [0.05, 0.1) is 6.61 Å². The molecular weight excluding hydrogens is 420 g/mol. The number of aromatic hydroxyl groups is 1. The van der Waals surface area contributed by atoms with E-state index in [1.54, 1.807) is 12.1 Å². The summed E-state index contributed by atoms with van der Waals surface area (Å²) in [6.45, 7) is 4.49. The lowest BCUT2D eigenvalue weighted by atomic mass is 10.0. The summed E-state index contributed by atoms with van der Waals surface area (Å²) in [7, 11) is 0. The first-order valence-corrected chi connectivity index (χ1v) is 10.2. The van der Waals surface area contributed by atoms with E-state index in [4.69, 9.17) is 10.8 Å². The van der Waals surface area contributed by atoms with Gasteiger partial charge in [-0.2, -0.15) is 0 Å². The molecule has 1 aromatic rings.